The summed E-state index contributed by atoms with van der Waals surface area (Å²) in [7, 11) is 0. The Bertz CT molecular complexity index is 641. The monoisotopic (exact) mass is 286 g/mol. The smallest absolute Gasteiger partial charge is 0.221 e. The van der Waals surface area contributed by atoms with Crippen LogP contribution < -0.4 is 20.5 Å². The lowest BCUT2D eigenvalue weighted by Crippen LogP contribution is -2.06. The van der Waals surface area contributed by atoms with E-state index in [1.165, 1.54) is 6.92 Å². The third-order valence-electron chi connectivity index (χ3n) is 2.64. The molecule has 2 aromatic carbocycles. The first-order chi connectivity index (χ1) is 10.1. The Morgan fingerprint density at radius 2 is 1.90 bits per heavy atom. The van der Waals surface area contributed by atoms with Crippen molar-refractivity contribution in [1.29, 1.82) is 0 Å². The maximum absolute atomic E-state index is 11.2. The van der Waals surface area contributed by atoms with E-state index in [1.54, 1.807) is 30.3 Å². The average molecular weight is 286 g/mol. The second kappa shape index (κ2) is 6.65. The number of nitrogens with two attached hydrogens (primary N) is 1. The molecule has 0 saturated carbocycles. The molecule has 110 valence electrons. The van der Waals surface area contributed by atoms with Crippen molar-refractivity contribution in [2.24, 2.45) is 0 Å². The molecule has 2 rings (SSSR count). The summed E-state index contributed by atoms with van der Waals surface area (Å²) in [5.74, 6) is 1.58. The number of anilines is 2. The van der Waals surface area contributed by atoms with Gasteiger partial charge in [-0.15, -0.1) is 0 Å². The normalized spacial score (nSPS) is 10.0. The summed E-state index contributed by atoms with van der Waals surface area (Å²) in [6.07, 6.45) is 0. The van der Waals surface area contributed by atoms with Crippen molar-refractivity contribution in [1.82, 2.24) is 0 Å². The fourth-order valence-corrected chi connectivity index (χ4v) is 1.88. The number of ether oxygens (including phenoxy) is 2. The number of nitrogen functional groups attached to an aromatic ring is 1. The molecule has 0 radical (unpaired) electrons. The van der Waals surface area contributed by atoms with Gasteiger partial charge in [0.05, 0.1) is 12.3 Å². The summed E-state index contributed by atoms with van der Waals surface area (Å²) in [5.41, 5.74) is 6.98. The number of para-hydroxylation sites is 2. The average Bonchev–Trinajstić information content (AvgIpc) is 2.40. The quantitative estimate of drug-likeness (QED) is 0.826. The number of amides is 1. The molecule has 0 aromatic heterocycles. The number of nitrogens with one attached hydrogen (secondary N) is 1. The van der Waals surface area contributed by atoms with Crippen molar-refractivity contribution < 1.29 is 14.3 Å². The Kier molecular flexibility index (Phi) is 4.66. The van der Waals surface area contributed by atoms with Crippen LogP contribution in [-0.4, -0.2) is 12.5 Å². The molecule has 0 aliphatic heterocycles. The number of hydrogen-bond acceptors (Lipinski definition) is 4. The highest BCUT2D eigenvalue weighted by atomic mass is 16.5. The van der Waals surface area contributed by atoms with Gasteiger partial charge >= 0.3 is 0 Å². The van der Waals surface area contributed by atoms with Crippen LogP contribution in [0.25, 0.3) is 0 Å². The highest BCUT2D eigenvalue weighted by Crippen LogP contribution is 2.32. The van der Waals surface area contributed by atoms with Gasteiger partial charge in [-0.25, -0.2) is 0 Å². The van der Waals surface area contributed by atoms with Crippen molar-refractivity contribution in [3.63, 3.8) is 0 Å². The van der Waals surface area contributed by atoms with Gasteiger partial charge in [0.2, 0.25) is 5.91 Å². The van der Waals surface area contributed by atoms with Crippen molar-refractivity contribution in [2.75, 3.05) is 17.7 Å². The molecule has 0 saturated heterocycles. The molecular formula is C16H18N2O3. The van der Waals surface area contributed by atoms with Crippen LogP contribution in [0.5, 0.6) is 17.2 Å². The van der Waals surface area contributed by atoms with E-state index in [2.05, 4.69) is 5.32 Å². The van der Waals surface area contributed by atoms with E-state index in [0.29, 0.717) is 35.2 Å². The van der Waals surface area contributed by atoms with Crippen molar-refractivity contribution >= 4 is 17.3 Å². The lowest BCUT2D eigenvalue weighted by molar-refractivity contribution is -0.114. The van der Waals surface area contributed by atoms with Crippen molar-refractivity contribution in [2.45, 2.75) is 13.8 Å². The first-order valence-corrected chi connectivity index (χ1v) is 6.66. The number of rotatable bonds is 5. The molecule has 0 spiro atoms. The maximum atomic E-state index is 11.2. The van der Waals surface area contributed by atoms with Gasteiger partial charge in [0.25, 0.3) is 0 Å². The summed E-state index contributed by atoms with van der Waals surface area (Å²) < 4.78 is 11.2. The van der Waals surface area contributed by atoms with E-state index in [9.17, 15) is 4.79 Å². The predicted molar refractivity (Wildman–Crippen MR) is 82.8 cm³/mol. The molecule has 0 unspecified atom stereocenters. The third kappa shape index (κ3) is 4.14. The molecule has 0 bridgehead atoms. The Hall–Kier alpha value is -2.69. The minimum Gasteiger partial charge on any atom is -0.494 e. The standard InChI is InChI=1S/C16H18N2O3/c1-3-20-13-8-12(17)9-14(10-13)21-16-7-5-4-6-15(16)18-11(2)19/h4-10H,3,17H2,1-2H3,(H,18,19). The molecule has 0 fully saturated rings. The second-order valence-corrected chi connectivity index (χ2v) is 4.45. The highest BCUT2D eigenvalue weighted by molar-refractivity contribution is 5.90. The minimum absolute atomic E-state index is 0.159. The van der Waals surface area contributed by atoms with Crippen LogP contribution in [0.1, 0.15) is 13.8 Å². The van der Waals surface area contributed by atoms with Gasteiger partial charge in [-0.3, -0.25) is 4.79 Å². The SMILES string of the molecule is CCOc1cc(N)cc(Oc2ccccc2NC(C)=O)c1. The number of carbonyl (C=O) groups excluding carboxylic acids is 1. The topological polar surface area (TPSA) is 73.6 Å². The Morgan fingerprint density at radius 3 is 2.62 bits per heavy atom. The fraction of sp³-hybridized carbons (Fsp3) is 0.188. The van der Waals surface area contributed by atoms with Crippen molar-refractivity contribution in [3.05, 3.63) is 42.5 Å². The molecule has 5 heteroatoms. The fourth-order valence-electron chi connectivity index (χ4n) is 1.88. The van der Waals surface area contributed by atoms with E-state index < -0.39 is 0 Å². The molecule has 0 aliphatic rings. The van der Waals surface area contributed by atoms with Gasteiger partial charge in [-0.1, -0.05) is 12.1 Å². The summed E-state index contributed by atoms with van der Waals surface area (Å²) in [6, 6.07) is 12.4. The molecule has 1 amide bonds. The highest BCUT2D eigenvalue weighted by Gasteiger charge is 2.07. The van der Waals surface area contributed by atoms with Crippen LogP contribution in [0.2, 0.25) is 0 Å². The zero-order chi connectivity index (χ0) is 15.2. The number of benzene rings is 2. The van der Waals surface area contributed by atoms with Gasteiger partial charge in [0.1, 0.15) is 11.5 Å². The maximum Gasteiger partial charge on any atom is 0.221 e. The van der Waals surface area contributed by atoms with Crippen molar-refractivity contribution in [3.8, 4) is 17.2 Å². The second-order valence-electron chi connectivity index (χ2n) is 4.45. The zero-order valence-electron chi connectivity index (χ0n) is 12.1. The van der Waals surface area contributed by atoms with E-state index in [4.69, 9.17) is 15.2 Å². The predicted octanol–water partition coefficient (Wildman–Crippen LogP) is 3.42. The van der Waals surface area contributed by atoms with Gasteiger partial charge in [0, 0.05) is 30.8 Å². The Balaban J connectivity index is 2.27. The van der Waals surface area contributed by atoms with Crippen LogP contribution in [0.4, 0.5) is 11.4 Å². The molecule has 2 aromatic rings. The molecular weight excluding hydrogens is 268 g/mol. The van der Waals surface area contributed by atoms with E-state index in [1.807, 2.05) is 19.1 Å². The third-order valence-corrected chi connectivity index (χ3v) is 2.64. The molecule has 0 aliphatic carbocycles. The summed E-state index contributed by atoms with van der Waals surface area (Å²) in [5, 5.41) is 2.72. The molecule has 0 heterocycles. The van der Waals surface area contributed by atoms with E-state index in [-0.39, 0.29) is 5.91 Å². The van der Waals surface area contributed by atoms with Crippen LogP contribution >= 0.6 is 0 Å². The molecule has 0 atom stereocenters. The van der Waals surface area contributed by atoms with Crippen LogP contribution in [0.15, 0.2) is 42.5 Å². The first-order valence-electron chi connectivity index (χ1n) is 6.66. The van der Waals surface area contributed by atoms with Crippen LogP contribution in [0, 0.1) is 0 Å². The number of hydrogen-bond donors (Lipinski definition) is 2. The van der Waals surface area contributed by atoms with Gasteiger partial charge < -0.3 is 20.5 Å². The van der Waals surface area contributed by atoms with Crippen LogP contribution in [0.3, 0.4) is 0 Å². The number of carbonyl (C=O) groups is 1. The van der Waals surface area contributed by atoms with E-state index >= 15 is 0 Å². The molecule has 3 N–H and O–H groups in total. The zero-order valence-corrected chi connectivity index (χ0v) is 12.1. The van der Waals surface area contributed by atoms with E-state index in [0.717, 1.165) is 0 Å². The molecule has 21 heavy (non-hydrogen) atoms. The van der Waals surface area contributed by atoms with Gasteiger partial charge in [-0.2, -0.15) is 0 Å². The van der Waals surface area contributed by atoms with Crippen LogP contribution in [-0.2, 0) is 4.79 Å². The first kappa shape index (κ1) is 14.7. The summed E-state index contributed by atoms with van der Waals surface area (Å²) in [6.45, 7) is 3.89. The largest absolute Gasteiger partial charge is 0.494 e. The molecule has 5 nitrogen and oxygen atoms in total. The van der Waals surface area contributed by atoms with Gasteiger partial charge in [0.15, 0.2) is 5.75 Å². The minimum atomic E-state index is -0.159. The van der Waals surface area contributed by atoms with Gasteiger partial charge in [-0.05, 0) is 19.1 Å². The Morgan fingerprint density at radius 1 is 1.19 bits per heavy atom. The summed E-state index contributed by atoms with van der Waals surface area (Å²) >= 11 is 0. The Labute approximate surface area is 123 Å². The lowest BCUT2D eigenvalue weighted by Gasteiger charge is -2.13. The summed E-state index contributed by atoms with van der Waals surface area (Å²) in [4.78, 5) is 11.2. The lowest BCUT2D eigenvalue weighted by atomic mass is 10.2.